The molecule has 1 aliphatic rings. The zero-order valence-corrected chi connectivity index (χ0v) is 7.68. The SMILES string of the molecule is CCC1=NOC(C)(C)CCC1. The normalized spacial score (nSPS) is 23.4. The maximum atomic E-state index is 5.38. The highest BCUT2D eigenvalue weighted by molar-refractivity contribution is 5.83. The van der Waals surface area contributed by atoms with Gasteiger partial charge in [0, 0.05) is 0 Å². The third-order valence-corrected chi connectivity index (χ3v) is 2.07. The summed E-state index contributed by atoms with van der Waals surface area (Å²) in [6.07, 6.45) is 4.45. The minimum atomic E-state index is -0.0447. The smallest absolute Gasteiger partial charge is 0.132 e. The van der Waals surface area contributed by atoms with Crippen molar-refractivity contribution in [2.75, 3.05) is 0 Å². The Balaban J connectivity index is 2.56. The summed E-state index contributed by atoms with van der Waals surface area (Å²) in [5.41, 5.74) is 1.16. The van der Waals surface area contributed by atoms with Crippen molar-refractivity contribution >= 4 is 5.71 Å². The molecule has 0 atom stereocenters. The number of rotatable bonds is 1. The predicted octanol–water partition coefficient (Wildman–Crippen LogP) is 2.73. The average Bonchev–Trinajstić information content (AvgIpc) is 2.10. The van der Waals surface area contributed by atoms with Crippen LogP contribution in [0.15, 0.2) is 5.16 Å². The van der Waals surface area contributed by atoms with Crippen LogP contribution < -0.4 is 0 Å². The van der Waals surface area contributed by atoms with Gasteiger partial charge < -0.3 is 4.84 Å². The van der Waals surface area contributed by atoms with Crippen molar-refractivity contribution in [2.45, 2.75) is 52.1 Å². The predicted molar refractivity (Wildman–Crippen MR) is 46.7 cm³/mol. The fourth-order valence-electron chi connectivity index (χ4n) is 1.24. The highest BCUT2D eigenvalue weighted by Crippen LogP contribution is 2.22. The minimum Gasteiger partial charge on any atom is -0.390 e. The van der Waals surface area contributed by atoms with Crippen molar-refractivity contribution in [3.05, 3.63) is 0 Å². The van der Waals surface area contributed by atoms with Gasteiger partial charge in [0.1, 0.15) is 5.60 Å². The molecular weight excluding hydrogens is 138 g/mol. The molecular formula is C9H17NO. The second kappa shape index (κ2) is 3.24. The second-order valence-electron chi connectivity index (χ2n) is 3.72. The van der Waals surface area contributed by atoms with Crippen LogP contribution in [0.5, 0.6) is 0 Å². The molecule has 0 spiro atoms. The van der Waals surface area contributed by atoms with E-state index in [2.05, 4.69) is 25.9 Å². The fourth-order valence-corrected chi connectivity index (χ4v) is 1.24. The Morgan fingerprint density at radius 2 is 2.27 bits per heavy atom. The summed E-state index contributed by atoms with van der Waals surface area (Å²) in [5.74, 6) is 0. The van der Waals surface area contributed by atoms with Crippen LogP contribution in [0.25, 0.3) is 0 Å². The molecule has 1 rings (SSSR count). The van der Waals surface area contributed by atoms with Crippen LogP contribution in [-0.2, 0) is 4.84 Å². The van der Waals surface area contributed by atoms with E-state index in [1.54, 1.807) is 0 Å². The molecule has 0 N–H and O–H groups in total. The van der Waals surface area contributed by atoms with E-state index in [0.29, 0.717) is 0 Å². The summed E-state index contributed by atoms with van der Waals surface area (Å²) in [6, 6.07) is 0. The summed E-state index contributed by atoms with van der Waals surface area (Å²) in [6.45, 7) is 6.31. The van der Waals surface area contributed by atoms with Gasteiger partial charge in [0.15, 0.2) is 0 Å². The van der Waals surface area contributed by atoms with Crippen molar-refractivity contribution in [3.63, 3.8) is 0 Å². The summed E-state index contributed by atoms with van der Waals surface area (Å²) in [5, 5.41) is 4.11. The zero-order valence-electron chi connectivity index (χ0n) is 7.68. The lowest BCUT2D eigenvalue weighted by Gasteiger charge is -2.19. The van der Waals surface area contributed by atoms with E-state index in [4.69, 9.17) is 4.84 Å². The Labute approximate surface area is 68.6 Å². The van der Waals surface area contributed by atoms with Gasteiger partial charge in [-0.05, 0) is 39.5 Å². The summed E-state index contributed by atoms with van der Waals surface area (Å²) in [7, 11) is 0. The Bertz CT molecular complexity index is 161. The zero-order chi connectivity index (χ0) is 8.32. The molecule has 1 heterocycles. The standard InChI is InChI=1S/C9H17NO/c1-4-8-6-5-7-9(2,3)11-10-8/h4-7H2,1-3H3. The molecule has 0 saturated carbocycles. The number of hydrogen-bond acceptors (Lipinski definition) is 2. The topological polar surface area (TPSA) is 21.6 Å². The molecule has 11 heavy (non-hydrogen) atoms. The fraction of sp³-hybridized carbons (Fsp3) is 0.889. The molecule has 0 amide bonds. The van der Waals surface area contributed by atoms with Crippen LogP contribution in [0.4, 0.5) is 0 Å². The quantitative estimate of drug-likeness (QED) is 0.570. The van der Waals surface area contributed by atoms with Gasteiger partial charge in [-0.1, -0.05) is 12.1 Å². The molecule has 0 aromatic rings. The molecule has 0 aliphatic carbocycles. The van der Waals surface area contributed by atoms with E-state index in [0.717, 1.165) is 19.3 Å². The Hall–Kier alpha value is -0.530. The van der Waals surface area contributed by atoms with Crippen LogP contribution in [0.2, 0.25) is 0 Å². The molecule has 2 nitrogen and oxygen atoms in total. The van der Waals surface area contributed by atoms with E-state index in [1.165, 1.54) is 12.1 Å². The van der Waals surface area contributed by atoms with E-state index in [1.807, 2.05) is 0 Å². The minimum absolute atomic E-state index is 0.0447. The molecule has 1 aliphatic heterocycles. The number of nitrogens with zero attached hydrogens (tertiary/aromatic N) is 1. The van der Waals surface area contributed by atoms with Crippen LogP contribution in [-0.4, -0.2) is 11.3 Å². The average molecular weight is 155 g/mol. The number of hydrogen-bond donors (Lipinski definition) is 0. The molecule has 0 radical (unpaired) electrons. The molecule has 2 heteroatoms. The van der Waals surface area contributed by atoms with Gasteiger partial charge in [-0.15, -0.1) is 0 Å². The van der Waals surface area contributed by atoms with Crippen molar-refractivity contribution < 1.29 is 4.84 Å². The first-order chi connectivity index (χ1) is 5.14. The largest absolute Gasteiger partial charge is 0.390 e. The lowest BCUT2D eigenvalue weighted by Crippen LogP contribution is -2.20. The van der Waals surface area contributed by atoms with Crippen molar-refractivity contribution in [3.8, 4) is 0 Å². The maximum Gasteiger partial charge on any atom is 0.132 e. The van der Waals surface area contributed by atoms with Gasteiger partial charge in [-0.25, -0.2) is 0 Å². The van der Waals surface area contributed by atoms with E-state index < -0.39 is 0 Å². The first-order valence-electron chi connectivity index (χ1n) is 4.38. The van der Waals surface area contributed by atoms with Crippen molar-refractivity contribution in [1.29, 1.82) is 0 Å². The Morgan fingerprint density at radius 3 is 2.91 bits per heavy atom. The van der Waals surface area contributed by atoms with Gasteiger partial charge in [-0.2, -0.15) is 0 Å². The molecule has 0 aromatic carbocycles. The van der Waals surface area contributed by atoms with Gasteiger partial charge in [0.05, 0.1) is 5.71 Å². The van der Waals surface area contributed by atoms with Crippen LogP contribution in [0.1, 0.15) is 46.5 Å². The van der Waals surface area contributed by atoms with Gasteiger partial charge in [0.25, 0.3) is 0 Å². The van der Waals surface area contributed by atoms with Gasteiger partial charge in [0.2, 0.25) is 0 Å². The van der Waals surface area contributed by atoms with E-state index in [-0.39, 0.29) is 5.60 Å². The highest BCUT2D eigenvalue weighted by atomic mass is 16.6. The Morgan fingerprint density at radius 1 is 1.55 bits per heavy atom. The second-order valence-corrected chi connectivity index (χ2v) is 3.72. The third-order valence-electron chi connectivity index (χ3n) is 2.07. The van der Waals surface area contributed by atoms with Gasteiger partial charge in [-0.3, -0.25) is 0 Å². The third kappa shape index (κ3) is 2.52. The van der Waals surface area contributed by atoms with Crippen LogP contribution in [0.3, 0.4) is 0 Å². The molecule has 64 valence electrons. The molecule has 0 aromatic heterocycles. The number of oxime groups is 1. The molecule has 0 unspecified atom stereocenters. The lowest BCUT2D eigenvalue weighted by molar-refractivity contribution is -0.0171. The molecule has 0 saturated heterocycles. The summed E-state index contributed by atoms with van der Waals surface area (Å²) < 4.78 is 0. The summed E-state index contributed by atoms with van der Waals surface area (Å²) in [4.78, 5) is 5.38. The molecule has 0 fully saturated rings. The van der Waals surface area contributed by atoms with E-state index >= 15 is 0 Å². The molecule has 0 bridgehead atoms. The first-order valence-corrected chi connectivity index (χ1v) is 4.38. The lowest BCUT2D eigenvalue weighted by atomic mass is 10.0. The maximum absolute atomic E-state index is 5.38. The highest BCUT2D eigenvalue weighted by Gasteiger charge is 2.21. The van der Waals surface area contributed by atoms with Gasteiger partial charge >= 0.3 is 0 Å². The van der Waals surface area contributed by atoms with Crippen molar-refractivity contribution in [1.82, 2.24) is 0 Å². The first kappa shape index (κ1) is 8.57. The monoisotopic (exact) mass is 155 g/mol. The summed E-state index contributed by atoms with van der Waals surface area (Å²) >= 11 is 0. The van der Waals surface area contributed by atoms with Crippen LogP contribution in [0, 0.1) is 0 Å². The van der Waals surface area contributed by atoms with E-state index in [9.17, 15) is 0 Å². The van der Waals surface area contributed by atoms with Crippen molar-refractivity contribution in [2.24, 2.45) is 5.16 Å². The Kier molecular flexibility index (Phi) is 2.53. The van der Waals surface area contributed by atoms with Crippen LogP contribution >= 0.6 is 0 Å².